The van der Waals surface area contributed by atoms with Crippen molar-refractivity contribution in [3.8, 4) is 0 Å². The van der Waals surface area contributed by atoms with E-state index in [2.05, 4.69) is 5.32 Å². The van der Waals surface area contributed by atoms with Gasteiger partial charge in [0.15, 0.2) is 0 Å². The summed E-state index contributed by atoms with van der Waals surface area (Å²) in [6.45, 7) is 0.555. The molecule has 4 fully saturated rings. The van der Waals surface area contributed by atoms with Crippen LogP contribution < -0.4 is 5.32 Å². The highest BCUT2D eigenvalue weighted by Gasteiger charge is 2.48. The van der Waals surface area contributed by atoms with Crippen molar-refractivity contribution in [2.24, 2.45) is 23.7 Å². The van der Waals surface area contributed by atoms with Crippen LogP contribution in [0.3, 0.4) is 0 Å². The summed E-state index contributed by atoms with van der Waals surface area (Å²) in [5.41, 5.74) is 1.82. The van der Waals surface area contributed by atoms with Gasteiger partial charge in [0.2, 0.25) is 0 Å². The molecule has 118 valence electrons. The van der Waals surface area contributed by atoms with Crippen LogP contribution in [0.4, 0.5) is 0 Å². The quantitative estimate of drug-likeness (QED) is 0.925. The molecule has 0 spiro atoms. The minimum Gasteiger partial charge on any atom is -0.380 e. The third-order valence-electron chi connectivity index (χ3n) is 6.02. The van der Waals surface area contributed by atoms with Gasteiger partial charge in [0.05, 0.1) is 6.61 Å². The van der Waals surface area contributed by atoms with Crippen molar-refractivity contribution in [1.82, 2.24) is 5.32 Å². The van der Waals surface area contributed by atoms with Gasteiger partial charge in [0.25, 0.3) is 5.91 Å². The summed E-state index contributed by atoms with van der Waals surface area (Å²) in [4.78, 5) is 12.6. The lowest BCUT2D eigenvalue weighted by Gasteiger charge is -2.54. The first-order valence-corrected chi connectivity index (χ1v) is 8.61. The number of hydrogen-bond donors (Lipinski definition) is 1. The molecule has 0 unspecified atom stereocenters. The first-order valence-electron chi connectivity index (χ1n) is 8.61. The number of rotatable bonds is 4. The Balaban J connectivity index is 1.47. The molecule has 22 heavy (non-hydrogen) atoms. The van der Waals surface area contributed by atoms with Crippen molar-refractivity contribution in [2.45, 2.75) is 44.8 Å². The predicted molar refractivity (Wildman–Crippen MR) is 85.5 cm³/mol. The summed E-state index contributed by atoms with van der Waals surface area (Å²) in [6, 6.07) is 8.22. The van der Waals surface area contributed by atoms with Crippen LogP contribution in [0, 0.1) is 23.7 Å². The summed E-state index contributed by atoms with van der Waals surface area (Å²) in [5, 5.41) is 3.37. The van der Waals surface area contributed by atoms with E-state index in [1.165, 1.54) is 32.1 Å². The van der Waals surface area contributed by atoms with Crippen molar-refractivity contribution in [3.05, 3.63) is 35.4 Å². The Morgan fingerprint density at radius 1 is 1.14 bits per heavy atom. The molecule has 5 rings (SSSR count). The second-order valence-corrected chi connectivity index (χ2v) is 7.56. The molecular weight excluding hydrogens is 274 g/mol. The Morgan fingerprint density at radius 2 is 1.82 bits per heavy atom. The van der Waals surface area contributed by atoms with Gasteiger partial charge in [-0.15, -0.1) is 0 Å². The van der Waals surface area contributed by atoms with Gasteiger partial charge in [0, 0.05) is 18.7 Å². The number of carbonyl (C=O) groups excluding carboxylic acids is 1. The minimum absolute atomic E-state index is 0.0930. The number of nitrogens with one attached hydrogen (secondary N) is 1. The third-order valence-corrected chi connectivity index (χ3v) is 6.02. The molecule has 3 nitrogen and oxygen atoms in total. The molecule has 0 saturated heterocycles. The van der Waals surface area contributed by atoms with Crippen LogP contribution in [-0.2, 0) is 11.3 Å². The zero-order chi connectivity index (χ0) is 15.1. The highest BCUT2D eigenvalue weighted by atomic mass is 16.5. The average molecular weight is 299 g/mol. The molecule has 3 heteroatoms. The number of carbonyl (C=O) groups is 1. The minimum atomic E-state index is 0.0930. The van der Waals surface area contributed by atoms with Gasteiger partial charge < -0.3 is 10.1 Å². The van der Waals surface area contributed by atoms with E-state index in [4.69, 9.17) is 4.74 Å². The largest absolute Gasteiger partial charge is 0.380 e. The second kappa shape index (κ2) is 5.69. The van der Waals surface area contributed by atoms with Gasteiger partial charge in [0.1, 0.15) is 0 Å². The van der Waals surface area contributed by atoms with Crippen LogP contribution >= 0.6 is 0 Å². The molecule has 4 aliphatic carbocycles. The summed E-state index contributed by atoms with van der Waals surface area (Å²) in [6.07, 6.45) is 6.79. The monoisotopic (exact) mass is 299 g/mol. The lowest BCUT2D eigenvalue weighted by atomic mass is 9.54. The lowest BCUT2D eigenvalue weighted by molar-refractivity contribution is -0.0119. The van der Waals surface area contributed by atoms with Gasteiger partial charge in [-0.25, -0.2) is 0 Å². The summed E-state index contributed by atoms with van der Waals surface area (Å²) in [7, 11) is 1.68. The number of benzene rings is 1. The van der Waals surface area contributed by atoms with E-state index in [9.17, 15) is 4.79 Å². The number of amides is 1. The van der Waals surface area contributed by atoms with Gasteiger partial charge in [-0.05, 0) is 73.5 Å². The zero-order valence-corrected chi connectivity index (χ0v) is 13.3. The zero-order valence-electron chi connectivity index (χ0n) is 13.3. The molecule has 4 aliphatic rings. The Kier molecular flexibility index (Phi) is 3.69. The van der Waals surface area contributed by atoms with Crippen LogP contribution in [0.2, 0.25) is 0 Å². The number of methoxy groups -OCH3 is 1. The van der Waals surface area contributed by atoms with Crippen molar-refractivity contribution < 1.29 is 9.53 Å². The van der Waals surface area contributed by atoms with Crippen LogP contribution in [-0.4, -0.2) is 19.1 Å². The van der Waals surface area contributed by atoms with Crippen molar-refractivity contribution in [1.29, 1.82) is 0 Å². The van der Waals surface area contributed by atoms with E-state index >= 15 is 0 Å². The standard InChI is InChI=1S/C19H25NO2/c1-22-11-12-3-2-4-15(6-12)19(21)20-18-16-7-13-5-14(9-16)10-17(18)8-13/h2-4,6,13-14,16-18H,5,7-11H2,1H3,(H,20,21). The SMILES string of the molecule is COCc1cccc(C(=O)NC2C3CC4CC(C3)CC2C4)c1. The summed E-state index contributed by atoms with van der Waals surface area (Å²) in [5.74, 6) is 3.43. The van der Waals surface area contributed by atoms with Gasteiger partial charge in [-0.1, -0.05) is 12.1 Å². The molecule has 1 aromatic rings. The van der Waals surface area contributed by atoms with E-state index in [0.29, 0.717) is 12.6 Å². The molecule has 0 aromatic heterocycles. The average Bonchev–Trinajstić information content (AvgIpc) is 2.50. The van der Waals surface area contributed by atoms with Crippen molar-refractivity contribution in [3.63, 3.8) is 0 Å². The van der Waals surface area contributed by atoms with Crippen LogP contribution in [0.15, 0.2) is 24.3 Å². The van der Waals surface area contributed by atoms with Crippen LogP contribution in [0.5, 0.6) is 0 Å². The molecule has 4 bridgehead atoms. The Morgan fingerprint density at radius 3 is 2.45 bits per heavy atom. The van der Waals surface area contributed by atoms with Crippen molar-refractivity contribution >= 4 is 5.91 Å². The third kappa shape index (κ3) is 2.56. The van der Waals surface area contributed by atoms with Gasteiger partial charge >= 0.3 is 0 Å². The van der Waals surface area contributed by atoms with E-state index in [0.717, 1.165) is 34.8 Å². The molecule has 0 radical (unpaired) electrons. The Hall–Kier alpha value is -1.35. The molecule has 4 saturated carbocycles. The maximum atomic E-state index is 12.6. The predicted octanol–water partition coefficient (Wildman–Crippen LogP) is 3.39. The molecule has 0 aliphatic heterocycles. The first kappa shape index (κ1) is 14.3. The van der Waals surface area contributed by atoms with E-state index in [-0.39, 0.29) is 5.91 Å². The van der Waals surface area contributed by atoms with Crippen LogP contribution in [0.25, 0.3) is 0 Å². The smallest absolute Gasteiger partial charge is 0.251 e. The first-order chi connectivity index (χ1) is 10.7. The maximum Gasteiger partial charge on any atom is 0.251 e. The highest BCUT2D eigenvalue weighted by molar-refractivity contribution is 5.94. The normalized spacial score (nSPS) is 35.6. The number of hydrogen-bond acceptors (Lipinski definition) is 2. The Labute approximate surface area is 132 Å². The molecule has 1 amide bonds. The fraction of sp³-hybridized carbons (Fsp3) is 0.632. The lowest BCUT2D eigenvalue weighted by Crippen LogP contribution is -2.55. The van der Waals surface area contributed by atoms with Gasteiger partial charge in [-0.3, -0.25) is 4.79 Å². The topological polar surface area (TPSA) is 38.3 Å². The number of ether oxygens (including phenoxy) is 1. The van der Waals surface area contributed by atoms with Gasteiger partial charge in [-0.2, -0.15) is 0 Å². The van der Waals surface area contributed by atoms with Crippen LogP contribution in [0.1, 0.15) is 48.0 Å². The molecular formula is C19H25NO2. The summed E-state index contributed by atoms with van der Waals surface area (Å²) < 4.78 is 5.16. The van der Waals surface area contributed by atoms with E-state index in [1.807, 2.05) is 24.3 Å². The fourth-order valence-corrected chi connectivity index (χ4v) is 5.36. The summed E-state index contributed by atoms with van der Waals surface area (Å²) >= 11 is 0. The fourth-order valence-electron chi connectivity index (χ4n) is 5.36. The van der Waals surface area contributed by atoms with Crippen molar-refractivity contribution in [2.75, 3.05) is 7.11 Å². The molecule has 0 heterocycles. The highest BCUT2D eigenvalue weighted by Crippen LogP contribution is 2.53. The molecule has 0 atom stereocenters. The second-order valence-electron chi connectivity index (χ2n) is 7.56. The van der Waals surface area contributed by atoms with E-state index < -0.39 is 0 Å². The Bertz CT molecular complexity index is 540. The maximum absolute atomic E-state index is 12.6. The molecule has 1 N–H and O–H groups in total. The molecule has 1 aromatic carbocycles. The van der Waals surface area contributed by atoms with E-state index in [1.54, 1.807) is 7.11 Å².